The van der Waals surface area contributed by atoms with Crippen LogP contribution in [-0.2, 0) is 17.1 Å². The van der Waals surface area contributed by atoms with Crippen LogP contribution in [0.1, 0.15) is 20.9 Å². The van der Waals surface area contributed by atoms with E-state index in [1.54, 1.807) is 3.87 Å². The van der Waals surface area contributed by atoms with Crippen molar-refractivity contribution >= 4 is 35.3 Å². The summed E-state index contributed by atoms with van der Waals surface area (Å²) in [4.78, 5) is 0. The van der Waals surface area contributed by atoms with Crippen molar-refractivity contribution in [1.82, 2.24) is 0 Å². The fourth-order valence-electron chi connectivity index (χ4n) is 4.24. The molecule has 0 amide bonds. The van der Waals surface area contributed by atoms with Gasteiger partial charge in [-0.2, -0.15) is 0 Å². The fraction of sp³-hybridized carbons (Fsp3) is 0.143. The summed E-state index contributed by atoms with van der Waals surface area (Å²) in [6, 6.07) is 39.2. The van der Waals surface area contributed by atoms with E-state index < -0.39 is 23.8 Å². The maximum Gasteiger partial charge on any atom is -0.147 e. The maximum atomic E-state index is 6.47. The molecule has 0 heterocycles. The molecule has 0 radical (unpaired) electrons. The molecule has 4 rings (SSSR count). The number of hydrogen-bond acceptors (Lipinski definition) is 1. The molecule has 0 aromatic heterocycles. The van der Waals surface area contributed by atoms with E-state index >= 15 is 0 Å². The van der Waals surface area contributed by atoms with Crippen molar-refractivity contribution in [2.45, 2.75) is 24.2 Å². The van der Waals surface area contributed by atoms with E-state index in [1.807, 2.05) is 30.3 Å². The smallest absolute Gasteiger partial charge is 0.147 e. The van der Waals surface area contributed by atoms with Crippen LogP contribution in [0.15, 0.2) is 109 Å². The molecule has 1 nitrogen and oxygen atoms in total. The summed E-state index contributed by atoms with van der Waals surface area (Å²) in [5, 5.41) is 0. The van der Waals surface area contributed by atoms with Crippen LogP contribution in [0.4, 0.5) is 0 Å². The number of halogens is 2. The molecule has 4 aromatic rings. The summed E-state index contributed by atoms with van der Waals surface area (Å²) in [5.74, 6) is 1.88. The molecule has 1 unspecified atom stereocenters. The van der Waals surface area contributed by atoms with E-state index in [-0.39, 0.29) is 24.8 Å². The monoisotopic (exact) mass is 529 g/mol. The summed E-state index contributed by atoms with van der Waals surface area (Å²) < 4.78 is 8.47. The Kier molecular flexibility index (Phi) is 11.0. The first-order valence-corrected chi connectivity index (χ1v) is 18.2. The van der Waals surface area contributed by atoms with E-state index in [2.05, 4.69) is 98.9 Å². The predicted octanol–water partition coefficient (Wildman–Crippen LogP) is 7.65. The first-order chi connectivity index (χ1) is 15.1. The van der Waals surface area contributed by atoms with Crippen LogP contribution < -0.4 is 8.61 Å². The molecule has 0 saturated heterocycles. The Balaban J connectivity index is 0.00000193. The second-order valence-electron chi connectivity index (χ2n) is 8.28. The molecule has 0 bridgehead atoms. The molecule has 0 aliphatic carbocycles. The van der Waals surface area contributed by atoms with Crippen LogP contribution >= 0.6 is 24.8 Å². The Bertz CT molecular complexity index is 1110. The molecule has 4 aromatic carbocycles. The first-order valence-electron chi connectivity index (χ1n) is 10.9. The number of hydrogen-bond donors (Lipinski definition) is 0. The van der Waals surface area contributed by atoms with Gasteiger partial charge in [-0.1, -0.05) is 0 Å². The molecule has 171 valence electrons. The van der Waals surface area contributed by atoms with Gasteiger partial charge in [0.2, 0.25) is 0 Å². The van der Waals surface area contributed by atoms with Crippen molar-refractivity contribution < 1.29 is 21.9 Å². The SMILES string of the molecule is Cc1ccc(Oc2ccccc2)c([CH](c2ccccc2)[Ti]([c]2ccccc2)[SiH](C)C)c1.Cl.Cl. The van der Waals surface area contributed by atoms with E-state index in [1.165, 1.54) is 16.7 Å². The average molecular weight is 530 g/mol. The quantitative estimate of drug-likeness (QED) is 0.223. The zero-order valence-corrected chi connectivity index (χ0v) is 23.6. The van der Waals surface area contributed by atoms with Gasteiger partial charge in [0.1, 0.15) is 0 Å². The first kappa shape index (κ1) is 27.4. The predicted molar refractivity (Wildman–Crippen MR) is 145 cm³/mol. The van der Waals surface area contributed by atoms with Crippen LogP contribution in [0, 0.1) is 6.92 Å². The molecule has 1 atom stereocenters. The van der Waals surface area contributed by atoms with Crippen LogP contribution in [0.25, 0.3) is 0 Å². The fourth-order valence-corrected chi connectivity index (χ4v) is 17.3. The van der Waals surface area contributed by atoms with Crippen LogP contribution in [0.2, 0.25) is 13.1 Å². The minimum absolute atomic E-state index is 0. The Morgan fingerprint density at radius 1 is 0.697 bits per heavy atom. The van der Waals surface area contributed by atoms with Crippen molar-refractivity contribution in [2.75, 3.05) is 0 Å². The molecule has 5 heteroatoms. The Morgan fingerprint density at radius 3 is 1.82 bits per heavy atom. The number of ether oxygens (including phenoxy) is 1. The zero-order chi connectivity index (χ0) is 21.6. The third-order valence-corrected chi connectivity index (χ3v) is 19.0. The van der Waals surface area contributed by atoms with Gasteiger partial charge in [-0.3, -0.25) is 0 Å². The van der Waals surface area contributed by atoms with E-state index in [9.17, 15) is 0 Å². The zero-order valence-electron chi connectivity index (χ0n) is 19.3. The molecule has 33 heavy (non-hydrogen) atoms. The summed E-state index contributed by atoms with van der Waals surface area (Å²) in [6.45, 7) is 6.33. The molecule has 0 spiro atoms. The van der Waals surface area contributed by atoms with Crippen molar-refractivity contribution in [3.8, 4) is 11.5 Å². The summed E-state index contributed by atoms with van der Waals surface area (Å²) in [7, 11) is 0. The number of para-hydroxylation sites is 1. The van der Waals surface area contributed by atoms with Gasteiger partial charge in [0.25, 0.3) is 0 Å². The number of rotatable bonds is 7. The molecule has 0 fully saturated rings. The van der Waals surface area contributed by atoms with Gasteiger partial charge >= 0.3 is 194 Å². The standard InChI is InChI=1S/C20H17O.C6H5.C2H7Si.2ClH.Ti/c1-16-12-13-20(21-19-10-6-3-7-11-19)18(14-16)15-17-8-4-2-5-9-17;1-2-4-6-5-3-1;1-3-2;;;/h2-15H,1H3;1-5H;3H,1-2H3;2*1H;. The topological polar surface area (TPSA) is 9.23 Å². The Morgan fingerprint density at radius 2 is 1.24 bits per heavy atom. The van der Waals surface area contributed by atoms with Gasteiger partial charge in [-0.15, -0.1) is 24.8 Å². The van der Waals surface area contributed by atoms with Gasteiger partial charge < -0.3 is 0 Å². The van der Waals surface area contributed by atoms with Crippen molar-refractivity contribution in [2.24, 2.45) is 0 Å². The van der Waals surface area contributed by atoms with Gasteiger partial charge in [0.05, 0.1) is 0 Å². The van der Waals surface area contributed by atoms with Gasteiger partial charge in [-0.25, -0.2) is 0 Å². The van der Waals surface area contributed by atoms with Crippen LogP contribution in [0.3, 0.4) is 0 Å². The molecular weight excluding hydrogens is 499 g/mol. The van der Waals surface area contributed by atoms with Crippen molar-refractivity contribution in [3.63, 3.8) is 0 Å². The number of benzene rings is 4. The van der Waals surface area contributed by atoms with Crippen molar-refractivity contribution in [1.29, 1.82) is 0 Å². The third kappa shape index (κ3) is 6.85. The minimum Gasteiger partial charge on any atom is -0.147 e. The van der Waals surface area contributed by atoms with Gasteiger partial charge in [0, 0.05) is 0 Å². The molecular formula is C28H31Cl2OSiTi. The molecule has 0 saturated carbocycles. The van der Waals surface area contributed by atoms with E-state index in [0.29, 0.717) is 4.22 Å². The largest absolute Gasteiger partial charge is 0.147 e. The van der Waals surface area contributed by atoms with Crippen molar-refractivity contribution in [3.05, 3.63) is 126 Å². The summed E-state index contributed by atoms with van der Waals surface area (Å²) >= 11 is -1.69. The minimum atomic E-state index is -1.69. The molecule has 0 aliphatic rings. The number of aryl methyl sites for hydroxylation is 1. The second kappa shape index (κ2) is 13.2. The van der Waals surface area contributed by atoms with Crippen LogP contribution in [-0.4, -0.2) is 6.66 Å². The van der Waals surface area contributed by atoms with E-state index in [0.717, 1.165) is 11.5 Å². The average Bonchev–Trinajstić information content (AvgIpc) is 2.80. The summed E-state index contributed by atoms with van der Waals surface area (Å²) in [6.07, 6.45) is 0. The molecule has 0 N–H and O–H groups in total. The second-order valence-corrected chi connectivity index (χ2v) is 21.8. The van der Waals surface area contributed by atoms with Crippen LogP contribution in [0.5, 0.6) is 11.5 Å². The van der Waals surface area contributed by atoms with E-state index in [4.69, 9.17) is 4.74 Å². The normalized spacial score (nSPS) is 11.2. The molecule has 0 aliphatic heterocycles. The Labute approximate surface area is 217 Å². The van der Waals surface area contributed by atoms with Gasteiger partial charge in [0.15, 0.2) is 0 Å². The van der Waals surface area contributed by atoms with Gasteiger partial charge in [-0.05, 0) is 0 Å². The third-order valence-electron chi connectivity index (χ3n) is 5.62. The summed E-state index contributed by atoms with van der Waals surface area (Å²) in [5.41, 5.74) is 4.05. The maximum absolute atomic E-state index is 6.47. The Hall–Kier alpha value is -1.81.